The molecule has 2 rings (SSSR count). The minimum atomic E-state index is -0.479. The Morgan fingerprint density at radius 1 is 1.33 bits per heavy atom. The number of ether oxygens (including phenoxy) is 1. The van der Waals surface area contributed by atoms with Crippen molar-refractivity contribution in [3.63, 3.8) is 0 Å². The number of hydrogen-bond acceptors (Lipinski definition) is 4. The zero-order valence-electron chi connectivity index (χ0n) is 15.3. The zero-order chi connectivity index (χ0) is 18.0. The highest BCUT2D eigenvalue weighted by atomic mass is 16.6. The van der Waals surface area contributed by atoms with Crippen LogP contribution in [0, 0.1) is 5.92 Å². The van der Waals surface area contributed by atoms with Crippen LogP contribution in [0.15, 0.2) is 30.3 Å². The number of aliphatic hydroxyl groups is 1. The van der Waals surface area contributed by atoms with Crippen molar-refractivity contribution in [1.29, 1.82) is 0 Å². The summed E-state index contributed by atoms with van der Waals surface area (Å²) in [4.78, 5) is 11.4. The zero-order valence-corrected chi connectivity index (χ0v) is 15.3. The van der Waals surface area contributed by atoms with Gasteiger partial charge in [-0.25, -0.2) is 4.79 Å². The van der Waals surface area contributed by atoms with Gasteiger partial charge in [-0.05, 0) is 45.7 Å². The number of alkyl carbamates (subject to hydrolysis) is 1. The van der Waals surface area contributed by atoms with Crippen molar-refractivity contribution in [3.05, 3.63) is 35.9 Å². The Labute approximate surface area is 145 Å². The standard InChI is InChI=1S/C11H22N2O3.C8H10/c1-11(2,3)16-10(15)13-7-8-6-12-5-4-9(8)14;1-2-8-6-4-3-5-7-8/h8-9,12,14H,4-7H2,1-3H3,(H,13,15);3-7H,2H2,1H3. The second-order valence-corrected chi connectivity index (χ2v) is 7.04. The van der Waals surface area contributed by atoms with E-state index in [1.807, 2.05) is 26.8 Å². The van der Waals surface area contributed by atoms with Gasteiger partial charge >= 0.3 is 6.09 Å². The molecular weight excluding hydrogens is 304 g/mol. The number of hydrogen-bond donors (Lipinski definition) is 3. The van der Waals surface area contributed by atoms with Crippen LogP contribution in [0.5, 0.6) is 0 Å². The topological polar surface area (TPSA) is 70.6 Å². The van der Waals surface area contributed by atoms with Crippen LogP contribution in [-0.4, -0.2) is 42.5 Å². The monoisotopic (exact) mass is 336 g/mol. The lowest BCUT2D eigenvalue weighted by atomic mass is 9.96. The van der Waals surface area contributed by atoms with Crippen LogP contribution in [-0.2, 0) is 11.2 Å². The molecule has 1 saturated heterocycles. The molecule has 0 bridgehead atoms. The second kappa shape index (κ2) is 10.3. The van der Waals surface area contributed by atoms with Crippen LogP contribution < -0.4 is 10.6 Å². The van der Waals surface area contributed by atoms with Crippen molar-refractivity contribution >= 4 is 6.09 Å². The fourth-order valence-electron chi connectivity index (χ4n) is 2.36. The van der Waals surface area contributed by atoms with Crippen LogP contribution in [0.2, 0.25) is 0 Å². The van der Waals surface area contributed by atoms with Gasteiger partial charge in [-0.2, -0.15) is 0 Å². The van der Waals surface area contributed by atoms with E-state index in [1.54, 1.807) is 0 Å². The van der Waals surface area contributed by atoms with Crippen molar-refractivity contribution in [2.45, 2.75) is 52.2 Å². The van der Waals surface area contributed by atoms with E-state index in [-0.39, 0.29) is 12.0 Å². The number of piperidine rings is 1. The molecule has 0 aliphatic carbocycles. The third-order valence-electron chi connectivity index (χ3n) is 3.73. The van der Waals surface area contributed by atoms with Crippen molar-refractivity contribution < 1.29 is 14.6 Å². The van der Waals surface area contributed by atoms with Gasteiger partial charge in [0.2, 0.25) is 0 Å². The number of carbonyl (C=O) groups is 1. The Morgan fingerprint density at radius 2 is 2.00 bits per heavy atom. The first kappa shape index (κ1) is 20.5. The summed E-state index contributed by atoms with van der Waals surface area (Å²) < 4.78 is 5.11. The summed E-state index contributed by atoms with van der Waals surface area (Å²) in [5.74, 6) is 0.0706. The van der Waals surface area contributed by atoms with Crippen LogP contribution >= 0.6 is 0 Å². The number of aryl methyl sites for hydroxylation is 1. The van der Waals surface area contributed by atoms with Gasteiger partial charge in [0.05, 0.1) is 6.10 Å². The number of rotatable bonds is 3. The van der Waals surface area contributed by atoms with E-state index in [0.717, 1.165) is 25.9 Å². The Hall–Kier alpha value is -1.59. The van der Waals surface area contributed by atoms with Crippen molar-refractivity contribution in [2.75, 3.05) is 19.6 Å². The quantitative estimate of drug-likeness (QED) is 0.794. The SMILES string of the molecule is CC(C)(C)OC(=O)NCC1CNCCC1O.CCc1ccccc1. The summed E-state index contributed by atoms with van der Waals surface area (Å²) in [7, 11) is 0. The van der Waals surface area contributed by atoms with E-state index in [9.17, 15) is 9.90 Å². The molecule has 1 aliphatic rings. The fraction of sp³-hybridized carbons (Fsp3) is 0.632. The van der Waals surface area contributed by atoms with Gasteiger partial charge in [-0.1, -0.05) is 37.3 Å². The van der Waals surface area contributed by atoms with E-state index in [4.69, 9.17) is 4.74 Å². The second-order valence-electron chi connectivity index (χ2n) is 7.04. The molecule has 0 radical (unpaired) electrons. The summed E-state index contributed by atoms with van der Waals surface area (Å²) in [6.07, 6.45) is 1.11. The molecule has 24 heavy (non-hydrogen) atoms. The maximum absolute atomic E-state index is 11.4. The van der Waals surface area contributed by atoms with Gasteiger partial charge in [0.1, 0.15) is 5.60 Å². The first-order chi connectivity index (χ1) is 11.3. The largest absolute Gasteiger partial charge is 0.444 e. The lowest BCUT2D eigenvalue weighted by Crippen LogP contribution is -2.46. The molecule has 2 unspecified atom stereocenters. The Morgan fingerprint density at radius 3 is 2.50 bits per heavy atom. The smallest absolute Gasteiger partial charge is 0.407 e. The molecule has 0 spiro atoms. The Bertz CT molecular complexity index is 471. The summed E-state index contributed by atoms with van der Waals surface area (Å²) in [5.41, 5.74) is 0.931. The van der Waals surface area contributed by atoms with Crippen LogP contribution in [0.4, 0.5) is 4.79 Å². The number of amides is 1. The first-order valence-electron chi connectivity index (χ1n) is 8.71. The highest BCUT2D eigenvalue weighted by Gasteiger charge is 2.24. The predicted octanol–water partition coefficient (Wildman–Crippen LogP) is 2.73. The molecule has 5 nitrogen and oxygen atoms in total. The normalized spacial score (nSPS) is 20.5. The summed E-state index contributed by atoms with van der Waals surface area (Å²) in [6, 6.07) is 10.5. The molecule has 0 saturated carbocycles. The molecule has 2 atom stereocenters. The van der Waals surface area contributed by atoms with Gasteiger partial charge in [0.25, 0.3) is 0 Å². The number of carbonyl (C=O) groups excluding carboxylic acids is 1. The summed E-state index contributed by atoms with van der Waals surface area (Å²) in [6.45, 7) is 9.65. The molecule has 1 amide bonds. The van der Waals surface area contributed by atoms with Gasteiger partial charge in [-0.3, -0.25) is 0 Å². The predicted molar refractivity (Wildman–Crippen MR) is 97.0 cm³/mol. The lowest BCUT2D eigenvalue weighted by Gasteiger charge is -2.29. The van der Waals surface area contributed by atoms with Crippen LogP contribution in [0.25, 0.3) is 0 Å². The Balaban J connectivity index is 0.000000300. The molecule has 3 N–H and O–H groups in total. The summed E-state index contributed by atoms with van der Waals surface area (Å²) in [5, 5.41) is 15.5. The molecule has 136 valence electrons. The molecule has 1 aromatic rings. The first-order valence-corrected chi connectivity index (χ1v) is 8.71. The molecule has 5 heteroatoms. The molecule has 1 aliphatic heterocycles. The van der Waals surface area contributed by atoms with Crippen molar-refractivity contribution in [2.24, 2.45) is 5.92 Å². The Kier molecular flexibility index (Phi) is 8.79. The third kappa shape index (κ3) is 8.89. The minimum absolute atomic E-state index is 0.0706. The highest BCUT2D eigenvalue weighted by Crippen LogP contribution is 2.11. The van der Waals surface area contributed by atoms with E-state index in [2.05, 4.69) is 41.8 Å². The molecule has 0 aromatic heterocycles. The van der Waals surface area contributed by atoms with E-state index < -0.39 is 11.7 Å². The molecular formula is C19H32N2O3. The van der Waals surface area contributed by atoms with Gasteiger partial charge in [0.15, 0.2) is 0 Å². The maximum Gasteiger partial charge on any atom is 0.407 e. The van der Waals surface area contributed by atoms with Gasteiger partial charge in [0, 0.05) is 19.0 Å². The van der Waals surface area contributed by atoms with Crippen LogP contribution in [0.1, 0.15) is 39.7 Å². The van der Waals surface area contributed by atoms with Gasteiger partial charge in [-0.15, -0.1) is 0 Å². The van der Waals surface area contributed by atoms with Gasteiger partial charge < -0.3 is 20.5 Å². The molecule has 1 heterocycles. The van der Waals surface area contributed by atoms with E-state index >= 15 is 0 Å². The average Bonchev–Trinajstić information content (AvgIpc) is 2.54. The summed E-state index contributed by atoms with van der Waals surface area (Å²) >= 11 is 0. The number of nitrogens with one attached hydrogen (secondary N) is 2. The van der Waals surface area contributed by atoms with E-state index in [0.29, 0.717) is 6.54 Å². The lowest BCUT2D eigenvalue weighted by molar-refractivity contribution is 0.0455. The maximum atomic E-state index is 11.4. The van der Waals surface area contributed by atoms with E-state index in [1.165, 1.54) is 5.56 Å². The highest BCUT2D eigenvalue weighted by molar-refractivity contribution is 5.67. The average molecular weight is 336 g/mol. The number of benzene rings is 1. The van der Waals surface area contributed by atoms with Crippen molar-refractivity contribution in [1.82, 2.24) is 10.6 Å². The van der Waals surface area contributed by atoms with Crippen LogP contribution in [0.3, 0.4) is 0 Å². The third-order valence-corrected chi connectivity index (χ3v) is 3.73. The van der Waals surface area contributed by atoms with Crippen molar-refractivity contribution in [3.8, 4) is 0 Å². The molecule has 1 aromatic carbocycles. The minimum Gasteiger partial charge on any atom is -0.444 e. The fourth-order valence-corrected chi connectivity index (χ4v) is 2.36. The molecule has 1 fully saturated rings. The number of aliphatic hydroxyl groups excluding tert-OH is 1.